The van der Waals surface area contributed by atoms with Crippen LogP contribution in [0.4, 0.5) is 0 Å². The highest BCUT2D eigenvalue weighted by molar-refractivity contribution is 6.32. The molecule has 0 aliphatic carbocycles. The number of fused-ring (bicyclic) bond motifs is 1. The molecule has 0 saturated heterocycles. The zero-order chi connectivity index (χ0) is 18.0. The fraction of sp³-hybridized carbons (Fsp3) is 0.316. The van der Waals surface area contributed by atoms with Crippen LogP contribution < -0.4 is 0 Å². The summed E-state index contributed by atoms with van der Waals surface area (Å²) >= 11 is 6.04. The third-order valence-electron chi connectivity index (χ3n) is 4.31. The Bertz CT molecular complexity index is 812. The van der Waals surface area contributed by atoms with Crippen molar-refractivity contribution in [2.45, 2.75) is 26.8 Å². The minimum absolute atomic E-state index is 0.0989. The van der Waals surface area contributed by atoms with Crippen LogP contribution in [0.2, 0.25) is 5.15 Å². The predicted molar refractivity (Wildman–Crippen MR) is 94.6 cm³/mol. The van der Waals surface area contributed by atoms with Crippen molar-refractivity contribution < 1.29 is 14.3 Å². The van der Waals surface area contributed by atoms with Crippen LogP contribution >= 0.6 is 11.6 Å². The summed E-state index contributed by atoms with van der Waals surface area (Å²) in [5, 5.41) is 0.0989. The van der Waals surface area contributed by atoms with Crippen molar-refractivity contribution >= 4 is 23.5 Å². The smallest absolute Gasteiger partial charge is 0.342 e. The van der Waals surface area contributed by atoms with Crippen molar-refractivity contribution in [3.63, 3.8) is 0 Å². The van der Waals surface area contributed by atoms with Gasteiger partial charge in [0.15, 0.2) is 6.61 Å². The first-order chi connectivity index (χ1) is 12.0. The number of pyridine rings is 1. The van der Waals surface area contributed by atoms with Gasteiger partial charge in [0.25, 0.3) is 5.91 Å². The Kier molecular flexibility index (Phi) is 5.04. The van der Waals surface area contributed by atoms with E-state index in [1.165, 1.54) is 5.56 Å². The number of nitrogens with zero attached hydrogens (tertiary/aromatic N) is 2. The maximum atomic E-state index is 12.4. The molecule has 2 heterocycles. The summed E-state index contributed by atoms with van der Waals surface area (Å²) in [6, 6.07) is 9.81. The van der Waals surface area contributed by atoms with E-state index in [2.05, 4.69) is 11.1 Å². The van der Waals surface area contributed by atoms with E-state index in [0.717, 1.165) is 17.7 Å². The fourth-order valence-electron chi connectivity index (χ4n) is 3.04. The van der Waals surface area contributed by atoms with E-state index in [1.54, 1.807) is 24.8 Å². The molecule has 0 N–H and O–H groups in total. The predicted octanol–water partition coefficient (Wildman–Crippen LogP) is 3.09. The van der Waals surface area contributed by atoms with Gasteiger partial charge in [0.1, 0.15) is 5.15 Å². The lowest BCUT2D eigenvalue weighted by Gasteiger charge is -2.28. The molecule has 25 heavy (non-hydrogen) atoms. The number of amides is 1. The number of halogens is 1. The summed E-state index contributed by atoms with van der Waals surface area (Å²) in [6.07, 6.45) is 0.808. The Labute approximate surface area is 151 Å². The molecule has 0 atom stereocenters. The first-order valence-electron chi connectivity index (χ1n) is 8.11. The molecule has 0 bridgehead atoms. The second kappa shape index (κ2) is 7.23. The molecule has 2 aromatic rings. The number of rotatable bonds is 3. The summed E-state index contributed by atoms with van der Waals surface area (Å²) in [7, 11) is 0. The number of benzene rings is 1. The largest absolute Gasteiger partial charge is 0.452 e. The lowest BCUT2D eigenvalue weighted by molar-refractivity contribution is -0.135. The van der Waals surface area contributed by atoms with Gasteiger partial charge in [-0.1, -0.05) is 35.9 Å². The minimum atomic E-state index is -0.624. The molecule has 5 nitrogen and oxygen atoms in total. The molecule has 1 aromatic carbocycles. The van der Waals surface area contributed by atoms with Crippen LogP contribution in [0.25, 0.3) is 0 Å². The Morgan fingerprint density at radius 2 is 1.96 bits per heavy atom. The highest BCUT2D eigenvalue weighted by atomic mass is 35.5. The van der Waals surface area contributed by atoms with Crippen molar-refractivity contribution in [2.75, 3.05) is 13.2 Å². The van der Waals surface area contributed by atoms with Crippen molar-refractivity contribution in [3.05, 3.63) is 63.4 Å². The van der Waals surface area contributed by atoms with Crippen LogP contribution in [0.5, 0.6) is 0 Å². The SMILES string of the molecule is Cc1cc(C)c(C(=O)OCC(=O)N2CCc3ccccc3C2)c(Cl)n1. The maximum Gasteiger partial charge on any atom is 0.342 e. The standard InChI is InChI=1S/C19H19ClN2O3/c1-12-9-13(2)21-18(20)17(12)19(24)25-11-16(23)22-8-7-14-5-3-4-6-15(14)10-22/h3-6,9H,7-8,10-11H2,1-2H3. The molecule has 0 unspecified atom stereocenters. The first-order valence-corrected chi connectivity index (χ1v) is 8.49. The van der Waals surface area contributed by atoms with Crippen LogP contribution in [-0.2, 0) is 22.5 Å². The Hall–Kier alpha value is -2.40. The van der Waals surface area contributed by atoms with E-state index < -0.39 is 5.97 Å². The number of hydrogen-bond donors (Lipinski definition) is 0. The molecule has 130 valence electrons. The molecule has 1 aliphatic heterocycles. The molecular formula is C19H19ClN2O3. The van der Waals surface area contributed by atoms with Gasteiger partial charge in [0, 0.05) is 18.8 Å². The van der Waals surface area contributed by atoms with Gasteiger partial charge in [-0.15, -0.1) is 0 Å². The summed E-state index contributed by atoms with van der Waals surface area (Å²) in [5.41, 5.74) is 4.01. The molecule has 0 radical (unpaired) electrons. The van der Waals surface area contributed by atoms with Crippen LogP contribution in [0.15, 0.2) is 30.3 Å². The van der Waals surface area contributed by atoms with Gasteiger partial charge < -0.3 is 9.64 Å². The lowest BCUT2D eigenvalue weighted by Crippen LogP contribution is -2.38. The second-order valence-electron chi connectivity index (χ2n) is 6.16. The van der Waals surface area contributed by atoms with Crippen molar-refractivity contribution in [1.29, 1.82) is 0 Å². The summed E-state index contributed by atoms with van der Waals surface area (Å²) in [4.78, 5) is 30.4. The van der Waals surface area contributed by atoms with Gasteiger partial charge in [0.2, 0.25) is 0 Å². The molecule has 0 fully saturated rings. The van der Waals surface area contributed by atoms with Gasteiger partial charge in [-0.25, -0.2) is 9.78 Å². The highest BCUT2D eigenvalue weighted by Crippen LogP contribution is 2.21. The number of hydrogen-bond acceptors (Lipinski definition) is 4. The number of carbonyl (C=O) groups is 2. The van der Waals surface area contributed by atoms with Gasteiger partial charge in [-0.2, -0.15) is 0 Å². The summed E-state index contributed by atoms with van der Waals surface area (Å²) < 4.78 is 5.18. The normalized spacial score (nSPS) is 13.3. The average Bonchev–Trinajstić information content (AvgIpc) is 2.58. The number of aromatic nitrogens is 1. The quantitative estimate of drug-likeness (QED) is 0.625. The van der Waals surface area contributed by atoms with Crippen LogP contribution in [-0.4, -0.2) is 34.9 Å². The number of ether oxygens (including phenoxy) is 1. The second-order valence-corrected chi connectivity index (χ2v) is 6.51. The molecule has 0 spiro atoms. The first kappa shape index (κ1) is 17.4. The number of esters is 1. The molecule has 1 amide bonds. The van der Waals surface area contributed by atoms with E-state index in [4.69, 9.17) is 16.3 Å². The van der Waals surface area contributed by atoms with Crippen LogP contribution in [0.1, 0.15) is 32.7 Å². The van der Waals surface area contributed by atoms with E-state index in [0.29, 0.717) is 18.7 Å². The van der Waals surface area contributed by atoms with E-state index in [9.17, 15) is 9.59 Å². The topological polar surface area (TPSA) is 59.5 Å². The van der Waals surface area contributed by atoms with Gasteiger partial charge >= 0.3 is 5.97 Å². The third-order valence-corrected chi connectivity index (χ3v) is 4.59. The minimum Gasteiger partial charge on any atom is -0.452 e. The molecular weight excluding hydrogens is 340 g/mol. The average molecular weight is 359 g/mol. The molecule has 1 aliphatic rings. The Morgan fingerprint density at radius 1 is 1.24 bits per heavy atom. The number of aryl methyl sites for hydroxylation is 2. The zero-order valence-electron chi connectivity index (χ0n) is 14.2. The number of carbonyl (C=O) groups excluding carboxylic acids is 2. The van der Waals surface area contributed by atoms with Crippen molar-refractivity contribution in [3.8, 4) is 0 Å². The maximum absolute atomic E-state index is 12.4. The Morgan fingerprint density at radius 3 is 2.68 bits per heavy atom. The summed E-state index contributed by atoms with van der Waals surface area (Å²) in [6.45, 7) is 4.43. The molecule has 3 rings (SSSR count). The lowest BCUT2D eigenvalue weighted by atomic mass is 10.00. The highest BCUT2D eigenvalue weighted by Gasteiger charge is 2.23. The van der Waals surface area contributed by atoms with Crippen molar-refractivity contribution in [1.82, 2.24) is 9.88 Å². The summed E-state index contributed by atoms with van der Waals surface area (Å²) in [5.74, 6) is -0.836. The molecule has 6 heteroatoms. The van der Waals surface area contributed by atoms with E-state index in [-0.39, 0.29) is 23.2 Å². The van der Waals surface area contributed by atoms with Crippen LogP contribution in [0.3, 0.4) is 0 Å². The van der Waals surface area contributed by atoms with Gasteiger partial charge in [-0.05, 0) is 43.0 Å². The zero-order valence-corrected chi connectivity index (χ0v) is 15.0. The van der Waals surface area contributed by atoms with E-state index >= 15 is 0 Å². The van der Waals surface area contributed by atoms with Crippen molar-refractivity contribution in [2.24, 2.45) is 0 Å². The molecule has 0 saturated carbocycles. The fourth-order valence-corrected chi connectivity index (χ4v) is 3.40. The third kappa shape index (κ3) is 3.82. The van der Waals surface area contributed by atoms with Crippen LogP contribution in [0, 0.1) is 13.8 Å². The van der Waals surface area contributed by atoms with Gasteiger partial charge in [0.05, 0.1) is 5.56 Å². The van der Waals surface area contributed by atoms with E-state index in [1.807, 2.05) is 18.2 Å². The molecule has 1 aromatic heterocycles. The monoisotopic (exact) mass is 358 g/mol. The van der Waals surface area contributed by atoms with Gasteiger partial charge in [-0.3, -0.25) is 4.79 Å². The Balaban J connectivity index is 1.63.